The molecule has 1 aliphatic heterocycles. The van der Waals surface area contributed by atoms with Crippen LogP contribution in [-0.4, -0.2) is 48.0 Å². The van der Waals surface area contributed by atoms with Crippen molar-refractivity contribution in [1.29, 1.82) is 0 Å². The lowest BCUT2D eigenvalue weighted by Crippen LogP contribution is -2.68. The van der Waals surface area contributed by atoms with Gasteiger partial charge in [0.2, 0.25) is 12.0 Å². The lowest BCUT2D eigenvalue weighted by molar-refractivity contribution is -0.170. The average molecular weight is 286 g/mol. The summed E-state index contributed by atoms with van der Waals surface area (Å²) in [5.74, 6) is -2.20. The van der Waals surface area contributed by atoms with Crippen molar-refractivity contribution in [3.05, 3.63) is 0 Å². The molecule has 0 radical (unpaired) electrons. The van der Waals surface area contributed by atoms with Gasteiger partial charge >= 0.3 is 11.9 Å². The van der Waals surface area contributed by atoms with Crippen molar-refractivity contribution in [2.75, 3.05) is 0 Å². The summed E-state index contributed by atoms with van der Waals surface area (Å²) in [7, 11) is 0. The maximum absolute atomic E-state index is 11.9. The van der Waals surface area contributed by atoms with Gasteiger partial charge in [-0.2, -0.15) is 0 Å². The number of esters is 2. The number of carbonyl (C=O) groups excluding carboxylic acids is 4. The van der Waals surface area contributed by atoms with Gasteiger partial charge in [-0.05, 0) is 6.92 Å². The van der Waals surface area contributed by atoms with Gasteiger partial charge in [-0.15, -0.1) is 0 Å². The Morgan fingerprint density at radius 3 is 2.10 bits per heavy atom. The second kappa shape index (κ2) is 6.36. The minimum Gasteiger partial charge on any atom is -0.458 e. The molecule has 0 aliphatic carbocycles. The second-order valence-electron chi connectivity index (χ2n) is 4.63. The molecule has 0 spiro atoms. The van der Waals surface area contributed by atoms with Crippen molar-refractivity contribution < 1.29 is 28.7 Å². The zero-order valence-corrected chi connectivity index (χ0v) is 11.8. The number of ether oxygens (including phenoxy) is 2. The van der Waals surface area contributed by atoms with Crippen LogP contribution in [0.15, 0.2) is 0 Å². The molecule has 1 rings (SSSR count). The van der Waals surface area contributed by atoms with E-state index >= 15 is 0 Å². The van der Waals surface area contributed by atoms with Gasteiger partial charge < -0.3 is 20.1 Å². The first-order chi connectivity index (χ1) is 9.22. The molecule has 0 bridgehead atoms. The van der Waals surface area contributed by atoms with Crippen LogP contribution in [-0.2, 0) is 28.7 Å². The molecule has 8 heteroatoms. The smallest absolute Gasteiger partial charge is 0.303 e. The highest BCUT2D eigenvalue weighted by Crippen LogP contribution is 2.18. The van der Waals surface area contributed by atoms with E-state index in [2.05, 4.69) is 10.6 Å². The van der Waals surface area contributed by atoms with Crippen LogP contribution < -0.4 is 10.6 Å². The SMILES string of the molecule is CC(=O)N[C@H]1[C@H](OC(C)=O)[C@@H](C)NC(=O)[C@@H]1OC(C)=O. The van der Waals surface area contributed by atoms with Crippen LogP contribution in [0.3, 0.4) is 0 Å². The Kier molecular flexibility index (Phi) is 5.06. The van der Waals surface area contributed by atoms with E-state index < -0.39 is 48.0 Å². The van der Waals surface area contributed by atoms with Gasteiger partial charge in [0.1, 0.15) is 12.1 Å². The summed E-state index contributed by atoms with van der Waals surface area (Å²) in [5, 5.41) is 5.05. The van der Waals surface area contributed by atoms with Gasteiger partial charge in [-0.3, -0.25) is 19.2 Å². The molecule has 1 saturated heterocycles. The highest BCUT2D eigenvalue weighted by Gasteiger charge is 2.46. The lowest BCUT2D eigenvalue weighted by Gasteiger charge is -2.40. The Balaban J connectivity index is 3.05. The highest BCUT2D eigenvalue weighted by molar-refractivity contribution is 5.87. The summed E-state index contributed by atoms with van der Waals surface area (Å²) < 4.78 is 10.0. The molecule has 2 N–H and O–H groups in total. The molecule has 1 fully saturated rings. The lowest BCUT2D eigenvalue weighted by atomic mass is 9.93. The van der Waals surface area contributed by atoms with Gasteiger partial charge in [0.05, 0.1) is 6.04 Å². The minimum absolute atomic E-state index is 0.425. The molecule has 0 aromatic heterocycles. The van der Waals surface area contributed by atoms with E-state index in [1.807, 2.05) is 0 Å². The monoisotopic (exact) mass is 286 g/mol. The van der Waals surface area contributed by atoms with Crippen molar-refractivity contribution in [2.24, 2.45) is 0 Å². The third kappa shape index (κ3) is 3.94. The molecule has 8 nitrogen and oxygen atoms in total. The van der Waals surface area contributed by atoms with Crippen molar-refractivity contribution in [3.63, 3.8) is 0 Å². The minimum atomic E-state index is -1.24. The van der Waals surface area contributed by atoms with Crippen molar-refractivity contribution >= 4 is 23.8 Å². The molecule has 1 aliphatic rings. The first-order valence-corrected chi connectivity index (χ1v) is 6.14. The number of amides is 2. The predicted octanol–water partition coefficient (Wildman–Crippen LogP) is -1.13. The fourth-order valence-corrected chi connectivity index (χ4v) is 2.10. The van der Waals surface area contributed by atoms with Crippen LogP contribution in [0, 0.1) is 0 Å². The summed E-state index contributed by atoms with van der Waals surface area (Å²) in [5.41, 5.74) is 0. The number of carbonyl (C=O) groups is 4. The summed E-state index contributed by atoms with van der Waals surface area (Å²) >= 11 is 0. The fraction of sp³-hybridized carbons (Fsp3) is 0.667. The number of nitrogens with one attached hydrogen (secondary N) is 2. The third-order valence-electron chi connectivity index (χ3n) is 2.77. The standard InChI is InChI=1S/C12H18N2O6/c1-5-10(19-7(3)16)9(14-6(2)15)11(12(18)13-5)20-8(4)17/h5,9-11H,1-4H3,(H,13,18)(H,14,15)/t5-,9+,10-,11-/m1/s1. The van der Waals surface area contributed by atoms with E-state index in [9.17, 15) is 19.2 Å². The first-order valence-electron chi connectivity index (χ1n) is 6.14. The molecule has 0 aromatic carbocycles. The van der Waals surface area contributed by atoms with Crippen LogP contribution in [0.2, 0.25) is 0 Å². The van der Waals surface area contributed by atoms with E-state index in [-0.39, 0.29) is 0 Å². The third-order valence-corrected chi connectivity index (χ3v) is 2.77. The maximum Gasteiger partial charge on any atom is 0.303 e. The molecule has 4 atom stereocenters. The number of rotatable bonds is 3. The number of hydrogen-bond acceptors (Lipinski definition) is 6. The average Bonchev–Trinajstić information content (AvgIpc) is 2.27. The van der Waals surface area contributed by atoms with Crippen LogP contribution in [0.5, 0.6) is 0 Å². The Morgan fingerprint density at radius 2 is 1.65 bits per heavy atom. The summed E-state index contributed by atoms with van der Waals surface area (Å²) in [4.78, 5) is 45.4. The van der Waals surface area contributed by atoms with E-state index in [0.717, 1.165) is 6.92 Å². The summed E-state index contributed by atoms with van der Waals surface area (Å²) in [6.07, 6.45) is -2.06. The maximum atomic E-state index is 11.9. The van der Waals surface area contributed by atoms with Gasteiger partial charge in [0.25, 0.3) is 5.91 Å². The van der Waals surface area contributed by atoms with Crippen LogP contribution in [0.1, 0.15) is 27.7 Å². The van der Waals surface area contributed by atoms with Gasteiger partial charge in [-0.25, -0.2) is 0 Å². The zero-order chi connectivity index (χ0) is 15.4. The molecule has 0 unspecified atom stereocenters. The van der Waals surface area contributed by atoms with E-state index in [0.29, 0.717) is 0 Å². The summed E-state index contributed by atoms with van der Waals surface area (Å²) in [6, 6.07) is -1.45. The van der Waals surface area contributed by atoms with E-state index in [1.54, 1.807) is 6.92 Å². The van der Waals surface area contributed by atoms with Gasteiger partial charge in [0, 0.05) is 20.8 Å². The van der Waals surface area contributed by atoms with Crippen LogP contribution >= 0.6 is 0 Å². The van der Waals surface area contributed by atoms with Crippen molar-refractivity contribution in [1.82, 2.24) is 10.6 Å². The quantitative estimate of drug-likeness (QED) is 0.635. The molecular formula is C12H18N2O6. The molecule has 112 valence electrons. The van der Waals surface area contributed by atoms with Gasteiger partial charge in [-0.1, -0.05) is 0 Å². The summed E-state index contributed by atoms with van der Waals surface area (Å²) in [6.45, 7) is 5.25. The molecular weight excluding hydrogens is 268 g/mol. The van der Waals surface area contributed by atoms with Crippen molar-refractivity contribution in [2.45, 2.75) is 52.0 Å². The molecule has 0 saturated carbocycles. The van der Waals surface area contributed by atoms with E-state index in [1.165, 1.54) is 13.8 Å². The number of piperidine rings is 1. The largest absolute Gasteiger partial charge is 0.458 e. The zero-order valence-electron chi connectivity index (χ0n) is 11.8. The Bertz CT molecular complexity index is 436. The predicted molar refractivity (Wildman–Crippen MR) is 66.3 cm³/mol. The molecule has 20 heavy (non-hydrogen) atoms. The van der Waals surface area contributed by atoms with Gasteiger partial charge in [0.15, 0.2) is 0 Å². The van der Waals surface area contributed by atoms with E-state index in [4.69, 9.17) is 9.47 Å². The first kappa shape index (κ1) is 15.9. The topological polar surface area (TPSA) is 111 Å². The Labute approximate surface area is 116 Å². The highest BCUT2D eigenvalue weighted by atomic mass is 16.6. The molecule has 1 heterocycles. The van der Waals surface area contributed by atoms with Crippen LogP contribution in [0.25, 0.3) is 0 Å². The Hall–Kier alpha value is -2.12. The Morgan fingerprint density at radius 1 is 1.10 bits per heavy atom. The molecule has 2 amide bonds. The molecule has 0 aromatic rings. The number of hydrogen-bond donors (Lipinski definition) is 2. The normalized spacial score (nSPS) is 29.1. The van der Waals surface area contributed by atoms with Crippen molar-refractivity contribution in [3.8, 4) is 0 Å². The fourth-order valence-electron chi connectivity index (χ4n) is 2.10. The van der Waals surface area contributed by atoms with Crippen LogP contribution in [0.4, 0.5) is 0 Å². The second-order valence-corrected chi connectivity index (χ2v) is 4.63.